The summed E-state index contributed by atoms with van der Waals surface area (Å²) >= 11 is 0. The fraction of sp³-hybridized carbons (Fsp3) is 0. The van der Waals surface area contributed by atoms with Crippen LogP contribution < -0.4 is 0 Å². The van der Waals surface area contributed by atoms with Crippen LogP contribution >= 0.6 is 0 Å². The lowest BCUT2D eigenvalue weighted by atomic mass is 9.84. The minimum Gasteiger partial charge on any atom is -0.456 e. The van der Waals surface area contributed by atoms with Gasteiger partial charge < -0.3 is 4.42 Å². The summed E-state index contributed by atoms with van der Waals surface area (Å²) in [7, 11) is 0. The van der Waals surface area contributed by atoms with Gasteiger partial charge >= 0.3 is 0 Å². The van der Waals surface area contributed by atoms with Crippen molar-refractivity contribution in [3.8, 4) is 33.4 Å². The molecule has 0 aliphatic rings. The largest absolute Gasteiger partial charge is 0.456 e. The van der Waals surface area contributed by atoms with Crippen molar-refractivity contribution in [1.29, 1.82) is 0 Å². The predicted molar refractivity (Wildman–Crippen MR) is 200 cm³/mol. The summed E-state index contributed by atoms with van der Waals surface area (Å²) in [6, 6.07) is 22.1. The molecule has 1 nitrogen and oxygen atoms in total. The van der Waals surface area contributed by atoms with Gasteiger partial charge in [0.1, 0.15) is 11.2 Å². The Hall–Kier alpha value is -6.18. The zero-order valence-electron chi connectivity index (χ0n) is 37.6. The molecule has 10 aromatic rings. The SMILES string of the molecule is [2H]c1c([2H])c(-c2ccc3ccccc3c2)c([2H])c(-c2c3ccccc3c(-c3c([2H])c([2H])c([2H])c4oc5c([2H])c6c([2H])c([2H])c([2H])c([2H])c6c([2H])c5c34)c3ccccc23)c1[2H]. The number of rotatable bonds is 3. The molecular weight excluding hydrogens is 569 g/mol. The molecule has 0 amide bonds. The van der Waals surface area contributed by atoms with Gasteiger partial charge in [-0.1, -0.05) is 139 Å². The quantitative estimate of drug-likeness (QED) is 0.182. The Morgan fingerprint density at radius 1 is 0.404 bits per heavy atom. The van der Waals surface area contributed by atoms with Crippen molar-refractivity contribution in [2.45, 2.75) is 0 Å². The molecule has 1 heterocycles. The van der Waals surface area contributed by atoms with Gasteiger partial charge in [-0.3, -0.25) is 0 Å². The number of hydrogen-bond donors (Lipinski definition) is 0. The standard InChI is InChI=1S/C46H28O/c1-2-12-30-25-34(24-23-29(30)11-1)31-15-9-16-35(26-31)44-36-17-5-7-19-38(36)45(39-20-8-6-18-37(39)44)40-21-10-22-42-46(40)41-27-32-13-3-4-14-33(32)28-43(41)47-42/h1-28H/i3D,4D,9D,10D,13D,14D,15D,16D,21D,22D,26D,27D,28D. The van der Waals surface area contributed by atoms with Crippen LogP contribution in [0.1, 0.15) is 17.8 Å². The van der Waals surface area contributed by atoms with Gasteiger partial charge in [0.05, 0.1) is 17.8 Å². The lowest BCUT2D eigenvalue weighted by molar-refractivity contribution is 0.669. The Labute approximate surface area is 290 Å². The van der Waals surface area contributed by atoms with Crippen LogP contribution in [-0.2, 0) is 0 Å². The van der Waals surface area contributed by atoms with Crippen LogP contribution in [0.25, 0.3) is 98.4 Å². The molecule has 0 saturated carbocycles. The fourth-order valence-electron chi connectivity index (χ4n) is 6.73. The van der Waals surface area contributed by atoms with Gasteiger partial charge in [-0.05, 0) is 107 Å². The first-order valence-corrected chi connectivity index (χ1v) is 15.1. The maximum Gasteiger partial charge on any atom is 0.136 e. The van der Waals surface area contributed by atoms with Gasteiger partial charge in [0.15, 0.2) is 0 Å². The van der Waals surface area contributed by atoms with Gasteiger partial charge in [0.2, 0.25) is 0 Å². The average molecular weight is 610 g/mol. The number of fused-ring (bicyclic) bond motifs is 7. The third-order valence-corrected chi connectivity index (χ3v) is 8.79. The summed E-state index contributed by atoms with van der Waals surface area (Å²) in [5.41, 5.74) is 1.37. The second-order valence-electron chi connectivity index (χ2n) is 11.4. The van der Waals surface area contributed by atoms with Crippen LogP contribution in [0, 0.1) is 0 Å². The van der Waals surface area contributed by atoms with Gasteiger partial charge in [-0.25, -0.2) is 0 Å². The summed E-state index contributed by atoms with van der Waals surface area (Å²) in [5, 5.41) is 3.45. The molecule has 9 aromatic carbocycles. The lowest BCUT2D eigenvalue weighted by Crippen LogP contribution is -1.91. The topological polar surface area (TPSA) is 13.1 Å². The van der Waals surface area contributed by atoms with E-state index in [1.165, 1.54) is 0 Å². The van der Waals surface area contributed by atoms with Crippen molar-refractivity contribution in [3.05, 3.63) is 170 Å². The molecule has 0 spiro atoms. The van der Waals surface area contributed by atoms with E-state index in [4.69, 9.17) is 16.8 Å². The number of hydrogen-bond acceptors (Lipinski definition) is 1. The Balaban J connectivity index is 1.38. The van der Waals surface area contributed by atoms with Crippen molar-refractivity contribution >= 4 is 65.0 Å². The molecule has 0 N–H and O–H groups in total. The van der Waals surface area contributed by atoms with Crippen molar-refractivity contribution in [1.82, 2.24) is 0 Å². The molecule has 0 aliphatic carbocycles. The summed E-state index contributed by atoms with van der Waals surface area (Å²) in [4.78, 5) is 0. The van der Waals surface area contributed by atoms with E-state index in [9.17, 15) is 5.48 Å². The summed E-state index contributed by atoms with van der Waals surface area (Å²) in [5.74, 6) is 0. The Morgan fingerprint density at radius 2 is 1.04 bits per heavy atom. The van der Waals surface area contributed by atoms with Crippen LogP contribution in [0.5, 0.6) is 0 Å². The molecule has 0 bridgehead atoms. The normalized spacial score (nSPS) is 15.7. The van der Waals surface area contributed by atoms with E-state index in [0.717, 1.165) is 10.8 Å². The van der Waals surface area contributed by atoms with E-state index in [0.29, 0.717) is 38.2 Å². The van der Waals surface area contributed by atoms with E-state index >= 15 is 0 Å². The van der Waals surface area contributed by atoms with E-state index < -0.39 is 42.3 Å². The van der Waals surface area contributed by atoms with Crippen LogP contribution in [-0.4, -0.2) is 0 Å². The maximum absolute atomic E-state index is 9.71. The van der Waals surface area contributed by atoms with Gasteiger partial charge in [0.25, 0.3) is 0 Å². The Morgan fingerprint density at radius 3 is 1.81 bits per heavy atom. The van der Waals surface area contributed by atoms with Crippen LogP contribution in [0.2, 0.25) is 0 Å². The van der Waals surface area contributed by atoms with Crippen LogP contribution in [0.4, 0.5) is 0 Å². The molecule has 0 radical (unpaired) electrons. The third kappa shape index (κ3) is 4.03. The van der Waals surface area contributed by atoms with Gasteiger partial charge in [0, 0.05) is 10.8 Å². The van der Waals surface area contributed by atoms with E-state index in [-0.39, 0.29) is 85.7 Å². The minimum absolute atomic E-state index is 0.0476. The molecule has 0 unspecified atom stereocenters. The molecule has 10 rings (SSSR count). The highest BCUT2D eigenvalue weighted by molar-refractivity contribution is 6.26. The molecule has 47 heavy (non-hydrogen) atoms. The van der Waals surface area contributed by atoms with E-state index in [1.807, 2.05) is 42.5 Å². The highest BCUT2D eigenvalue weighted by Gasteiger charge is 2.20. The van der Waals surface area contributed by atoms with Crippen LogP contribution in [0.15, 0.2) is 174 Å². The monoisotopic (exact) mass is 609 g/mol. The number of furan rings is 1. The highest BCUT2D eigenvalue weighted by Crippen LogP contribution is 2.47. The van der Waals surface area contributed by atoms with Gasteiger partial charge in [-0.15, -0.1) is 0 Å². The molecule has 1 aromatic heterocycles. The molecular formula is C46H28O. The minimum atomic E-state index is -0.586. The molecule has 1 heteroatoms. The van der Waals surface area contributed by atoms with Crippen molar-refractivity contribution < 1.29 is 22.2 Å². The average Bonchev–Trinajstić information content (AvgIpc) is 3.66. The maximum atomic E-state index is 9.71. The van der Waals surface area contributed by atoms with Crippen molar-refractivity contribution in [2.24, 2.45) is 0 Å². The predicted octanol–water partition coefficient (Wildman–Crippen LogP) is 13.2. The zero-order chi connectivity index (χ0) is 42.2. The molecule has 0 fully saturated rings. The van der Waals surface area contributed by atoms with E-state index in [2.05, 4.69) is 0 Å². The molecule has 0 aliphatic heterocycles. The van der Waals surface area contributed by atoms with Crippen LogP contribution in [0.3, 0.4) is 0 Å². The Bertz CT molecular complexity index is 3540. The van der Waals surface area contributed by atoms with Crippen molar-refractivity contribution in [3.63, 3.8) is 0 Å². The number of benzene rings is 9. The first-order valence-electron chi connectivity index (χ1n) is 21.6. The fourth-order valence-corrected chi connectivity index (χ4v) is 6.73. The summed E-state index contributed by atoms with van der Waals surface area (Å²) in [6.07, 6.45) is 0. The van der Waals surface area contributed by atoms with Gasteiger partial charge in [-0.2, -0.15) is 0 Å². The molecule has 0 saturated heterocycles. The first kappa shape index (κ1) is 16.4. The van der Waals surface area contributed by atoms with E-state index in [1.54, 1.807) is 48.5 Å². The third-order valence-electron chi connectivity index (χ3n) is 8.79. The second kappa shape index (κ2) is 10.2. The Kier molecular flexibility index (Phi) is 3.55. The highest BCUT2D eigenvalue weighted by atomic mass is 16.3. The lowest BCUT2D eigenvalue weighted by Gasteiger charge is -2.18. The summed E-state index contributed by atoms with van der Waals surface area (Å²) in [6.45, 7) is 0. The van der Waals surface area contributed by atoms with Crippen molar-refractivity contribution in [2.75, 3.05) is 0 Å². The second-order valence-corrected chi connectivity index (χ2v) is 11.4. The zero-order valence-corrected chi connectivity index (χ0v) is 24.6. The smallest absolute Gasteiger partial charge is 0.136 e. The molecule has 0 atom stereocenters. The molecule has 218 valence electrons. The first-order chi connectivity index (χ1) is 28.7. The summed E-state index contributed by atoms with van der Waals surface area (Å²) < 4.78 is 123.